The standard InChI is InChI=1S/C23H23N5OS/c1-2-28-21-19(14-25-28)18(13-20(26-21)16-7-4-3-5-8-16)23(29)27-11-6-9-17(15-27)22-24-10-12-30-22/h3-5,7-8,10,12-14,17H,2,6,9,11,15H2,1H3. The number of carbonyl (C=O) groups is 1. The van der Waals surface area contributed by atoms with Crippen molar-refractivity contribution in [2.75, 3.05) is 13.1 Å². The number of nitrogens with zero attached hydrogens (tertiary/aromatic N) is 5. The monoisotopic (exact) mass is 417 g/mol. The van der Waals surface area contributed by atoms with Gasteiger partial charge in [0.1, 0.15) is 0 Å². The molecule has 1 aromatic carbocycles. The lowest BCUT2D eigenvalue weighted by Gasteiger charge is -2.32. The van der Waals surface area contributed by atoms with Crippen LogP contribution in [0.1, 0.15) is 41.0 Å². The number of aryl methyl sites for hydroxylation is 1. The Balaban J connectivity index is 1.55. The van der Waals surface area contributed by atoms with Crippen LogP contribution in [0.4, 0.5) is 0 Å². The minimum Gasteiger partial charge on any atom is -0.338 e. The van der Waals surface area contributed by atoms with Crippen LogP contribution in [0.2, 0.25) is 0 Å². The maximum absolute atomic E-state index is 13.7. The minimum atomic E-state index is 0.0523. The molecule has 1 aliphatic rings. The van der Waals surface area contributed by atoms with E-state index in [0.29, 0.717) is 24.6 Å². The van der Waals surface area contributed by atoms with Gasteiger partial charge >= 0.3 is 0 Å². The van der Waals surface area contributed by atoms with E-state index < -0.39 is 0 Å². The summed E-state index contributed by atoms with van der Waals surface area (Å²) in [5, 5.41) is 8.41. The highest BCUT2D eigenvalue weighted by Crippen LogP contribution is 2.31. The first-order chi connectivity index (χ1) is 14.7. The smallest absolute Gasteiger partial charge is 0.254 e. The van der Waals surface area contributed by atoms with Crippen LogP contribution in [0.3, 0.4) is 0 Å². The topological polar surface area (TPSA) is 63.9 Å². The summed E-state index contributed by atoms with van der Waals surface area (Å²) in [6.45, 7) is 4.22. The molecule has 0 saturated carbocycles. The molecule has 4 aromatic rings. The van der Waals surface area contributed by atoms with Gasteiger partial charge in [0.2, 0.25) is 0 Å². The van der Waals surface area contributed by atoms with Gasteiger partial charge in [-0.1, -0.05) is 30.3 Å². The van der Waals surface area contributed by atoms with Crippen LogP contribution in [0.5, 0.6) is 0 Å². The molecule has 0 radical (unpaired) electrons. The Morgan fingerprint density at radius 2 is 2.13 bits per heavy atom. The van der Waals surface area contributed by atoms with Crippen LogP contribution >= 0.6 is 11.3 Å². The molecule has 0 spiro atoms. The zero-order valence-electron chi connectivity index (χ0n) is 16.9. The van der Waals surface area contributed by atoms with Gasteiger partial charge in [-0.2, -0.15) is 5.10 Å². The number of amides is 1. The summed E-state index contributed by atoms with van der Waals surface area (Å²) in [5.74, 6) is 0.364. The average molecular weight is 418 g/mol. The zero-order valence-corrected chi connectivity index (χ0v) is 17.7. The van der Waals surface area contributed by atoms with E-state index >= 15 is 0 Å². The molecule has 0 N–H and O–H groups in total. The van der Waals surface area contributed by atoms with Gasteiger partial charge in [0.05, 0.1) is 27.8 Å². The summed E-state index contributed by atoms with van der Waals surface area (Å²) in [6, 6.07) is 11.9. The number of fused-ring (bicyclic) bond motifs is 1. The number of hydrogen-bond acceptors (Lipinski definition) is 5. The molecule has 5 rings (SSSR count). The highest BCUT2D eigenvalue weighted by atomic mass is 32.1. The van der Waals surface area contributed by atoms with Crippen molar-refractivity contribution in [2.45, 2.75) is 32.2 Å². The highest BCUT2D eigenvalue weighted by molar-refractivity contribution is 7.09. The van der Waals surface area contributed by atoms with Gasteiger partial charge in [0.25, 0.3) is 5.91 Å². The van der Waals surface area contributed by atoms with E-state index in [1.165, 1.54) is 0 Å². The quantitative estimate of drug-likeness (QED) is 0.487. The van der Waals surface area contributed by atoms with Crippen molar-refractivity contribution in [1.29, 1.82) is 0 Å². The van der Waals surface area contributed by atoms with Crippen LogP contribution < -0.4 is 0 Å². The van der Waals surface area contributed by atoms with Crippen LogP contribution in [0, 0.1) is 0 Å². The molecule has 4 heterocycles. The van der Waals surface area contributed by atoms with Gasteiger partial charge in [-0.05, 0) is 25.8 Å². The summed E-state index contributed by atoms with van der Waals surface area (Å²) in [7, 11) is 0. The molecule has 1 amide bonds. The predicted octanol–water partition coefficient (Wildman–Crippen LogP) is 4.59. The Bertz CT molecular complexity index is 1170. The first-order valence-corrected chi connectivity index (χ1v) is 11.2. The molecule has 0 bridgehead atoms. The number of likely N-dealkylation sites (tertiary alicyclic amines) is 1. The van der Waals surface area contributed by atoms with E-state index in [4.69, 9.17) is 4.98 Å². The molecule has 152 valence electrons. The second-order valence-corrected chi connectivity index (χ2v) is 8.51. The number of thiazole rings is 1. The Kier molecular flexibility index (Phi) is 5.04. The molecule has 1 unspecified atom stereocenters. The Morgan fingerprint density at radius 1 is 1.27 bits per heavy atom. The first kappa shape index (κ1) is 18.9. The van der Waals surface area contributed by atoms with Crippen LogP contribution in [0.25, 0.3) is 22.3 Å². The number of hydrogen-bond donors (Lipinski definition) is 0. The van der Waals surface area contributed by atoms with E-state index in [1.807, 2.05) is 64.5 Å². The van der Waals surface area contributed by atoms with E-state index in [9.17, 15) is 4.79 Å². The Morgan fingerprint density at radius 3 is 2.90 bits per heavy atom. The van der Waals surface area contributed by atoms with Crippen molar-refractivity contribution in [3.63, 3.8) is 0 Å². The lowest BCUT2D eigenvalue weighted by molar-refractivity contribution is 0.0709. The van der Waals surface area contributed by atoms with Crippen LogP contribution in [0.15, 0.2) is 54.2 Å². The third kappa shape index (κ3) is 3.39. The fourth-order valence-electron chi connectivity index (χ4n) is 4.18. The van der Waals surface area contributed by atoms with E-state index in [-0.39, 0.29) is 5.91 Å². The van der Waals surface area contributed by atoms with Crippen molar-refractivity contribution in [3.8, 4) is 11.3 Å². The number of aromatic nitrogens is 4. The number of pyridine rings is 1. The summed E-state index contributed by atoms with van der Waals surface area (Å²) in [6.07, 6.45) is 5.69. The number of rotatable bonds is 4. The van der Waals surface area contributed by atoms with Gasteiger partial charge in [0.15, 0.2) is 5.65 Å². The molecule has 1 aliphatic heterocycles. The van der Waals surface area contributed by atoms with Crippen LogP contribution in [-0.4, -0.2) is 43.6 Å². The minimum absolute atomic E-state index is 0.0523. The van der Waals surface area contributed by atoms with Gasteiger partial charge in [-0.25, -0.2) is 14.6 Å². The van der Waals surface area contributed by atoms with Crippen molar-refractivity contribution in [2.24, 2.45) is 0 Å². The predicted molar refractivity (Wildman–Crippen MR) is 119 cm³/mol. The maximum atomic E-state index is 13.7. The largest absolute Gasteiger partial charge is 0.338 e. The summed E-state index contributed by atoms with van der Waals surface area (Å²) in [5.41, 5.74) is 3.24. The van der Waals surface area contributed by atoms with Gasteiger partial charge in [0, 0.05) is 42.7 Å². The molecule has 1 atom stereocenters. The molecule has 6 nitrogen and oxygen atoms in total. The summed E-state index contributed by atoms with van der Waals surface area (Å²) < 4.78 is 1.85. The molecular formula is C23H23N5OS. The van der Waals surface area contributed by atoms with Crippen molar-refractivity contribution < 1.29 is 4.79 Å². The molecule has 7 heteroatoms. The van der Waals surface area contributed by atoms with E-state index in [0.717, 1.165) is 46.7 Å². The molecule has 0 aliphatic carbocycles. The van der Waals surface area contributed by atoms with Crippen LogP contribution in [-0.2, 0) is 6.54 Å². The number of piperidine rings is 1. The molecule has 1 fully saturated rings. The van der Waals surface area contributed by atoms with Crippen molar-refractivity contribution >= 4 is 28.3 Å². The van der Waals surface area contributed by atoms with E-state index in [1.54, 1.807) is 17.5 Å². The van der Waals surface area contributed by atoms with Gasteiger partial charge in [-0.15, -0.1) is 11.3 Å². The maximum Gasteiger partial charge on any atom is 0.254 e. The molecule has 3 aromatic heterocycles. The average Bonchev–Trinajstić information content (AvgIpc) is 3.49. The third-order valence-corrected chi connectivity index (χ3v) is 6.66. The van der Waals surface area contributed by atoms with Gasteiger partial charge < -0.3 is 4.90 Å². The van der Waals surface area contributed by atoms with Gasteiger partial charge in [-0.3, -0.25) is 4.79 Å². The Labute approximate surface area is 179 Å². The lowest BCUT2D eigenvalue weighted by atomic mass is 9.97. The summed E-state index contributed by atoms with van der Waals surface area (Å²) in [4.78, 5) is 25.0. The molecule has 1 saturated heterocycles. The Hall–Kier alpha value is -3.06. The first-order valence-electron chi connectivity index (χ1n) is 10.3. The molecule has 30 heavy (non-hydrogen) atoms. The van der Waals surface area contributed by atoms with Crippen molar-refractivity contribution in [1.82, 2.24) is 24.6 Å². The second kappa shape index (κ2) is 7.99. The zero-order chi connectivity index (χ0) is 20.5. The molecular weight excluding hydrogens is 394 g/mol. The normalized spacial score (nSPS) is 16.8. The number of carbonyl (C=O) groups excluding carboxylic acids is 1. The highest BCUT2D eigenvalue weighted by Gasteiger charge is 2.28. The fourth-order valence-corrected chi connectivity index (χ4v) is 4.95. The summed E-state index contributed by atoms with van der Waals surface area (Å²) >= 11 is 1.68. The fraction of sp³-hybridized carbons (Fsp3) is 0.304. The van der Waals surface area contributed by atoms with Crippen molar-refractivity contribution in [3.05, 3.63) is 64.7 Å². The second-order valence-electron chi connectivity index (χ2n) is 7.58. The lowest BCUT2D eigenvalue weighted by Crippen LogP contribution is -2.39. The number of benzene rings is 1. The third-order valence-electron chi connectivity index (χ3n) is 5.72. The SMILES string of the molecule is CCn1ncc2c(C(=O)N3CCCC(c4nccs4)C3)cc(-c3ccccc3)nc21. The van der Waals surface area contributed by atoms with E-state index in [2.05, 4.69) is 10.1 Å².